The molecule has 134 valence electrons. The van der Waals surface area contributed by atoms with Crippen molar-refractivity contribution in [1.82, 2.24) is 9.88 Å². The number of hydrogen-bond acceptors (Lipinski definition) is 4. The van der Waals surface area contributed by atoms with Gasteiger partial charge in [0.15, 0.2) is 0 Å². The van der Waals surface area contributed by atoms with Gasteiger partial charge in [0.2, 0.25) is 5.89 Å². The van der Waals surface area contributed by atoms with Crippen molar-refractivity contribution in [3.8, 4) is 11.5 Å². The molecule has 1 fully saturated rings. The van der Waals surface area contributed by atoms with Crippen molar-refractivity contribution in [1.29, 1.82) is 0 Å². The first-order valence-corrected chi connectivity index (χ1v) is 8.63. The lowest BCUT2D eigenvalue weighted by Gasteiger charge is -2.40. The molecular weight excluding hydrogens is 318 g/mol. The zero-order valence-corrected chi connectivity index (χ0v) is 15.3. The van der Waals surface area contributed by atoms with Gasteiger partial charge in [0.1, 0.15) is 6.26 Å². The molecule has 2 heterocycles. The number of amides is 2. The monoisotopic (exact) mass is 343 g/mol. The van der Waals surface area contributed by atoms with Gasteiger partial charge in [-0.15, -0.1) is 0 Å². The van der Waals surface area contributed by atoms with E-state index in [1.807, 2.05) is 43.9 Å². The van der Waals surface area contributed by atoms with E-state index < -0.39 is 0 Å². The molecule has 1 saturated heterocycles. The van der Waals surface area contributed by atoms with Crippen LogP contribution in [0.5, 0.6) is 0 Å². The number of aryl methyl sites for hydroxylation is 2. The molecule has 1 unspecified atom stereocenters. The molecule has 3 rings (SSSR count). The van der Waals surface area contributed by atoms with Crippen LogP contribution in [0, 0.1) is 13.8 Å². The molecular formula is C19H25N3O3. The number of nitrogens with zero attached hydrogens (tertiary/aromatic N) is 2. The van der Waals surface area contributed by atoms with E-state index in [-0.39, 0.29) is 11.6 Å². The minimum absolute atomic E-state index is 0.105. The van der Waals surface area contributed by atoms with Gasteiger partial charge in [0, 0.05) is 17.8 Å². The fourth-order valence-electron chi connectivity index (χ4n) is 2.89. The minimum Gasteiger partial charge on any atom is -0.444 e. The molecule has 1 aliphatic heterocycles. The summed E-state index contributed by atoms with van der Waals surface area (Å²) in [5.74, 6) is 0.554. The van der Waals surface area contributed by atoms with Crippen molar-refractivity contribution in [2.45, 2.75) is 39.7 Å². The molecule has 0 saturated carbocycles. The van der Waals surface area contributed by atoms with Crippen molar-refractivity contribution in [3.05, 3.63) is 35.7 Å². The quantitative estimate of drug-likeness (QED) is 0.915. The van der Waals surface area contributed by atoms with Crippen molar-refractivity contribution in [3.63, 3.8) is 0 Å². The van der Waals surface area contributed by atoms with Crippen LogP contribution in [-0.4, -0.2) is 41.2 Å². The molecule has 6 heteroatoms. The summed E-state index contributed by atoms with van der Waals surface area (Å²) in [6.07, 6.45) is 2.49. The van der Waals surface area contributed by atoms with E-state index in [4.69, 9.17) is 9.15 Å². The number of benzene rings is 1. The van der Waals surface area contributed by atoms with Gasteiger partial charge in [-0.05, 0) is 44.9 Å². The second-order valence-corrected chi connectivity index (χ2v) is 6.83. The van der Waals surface area contributed by atoms with Crippen molar-refractivity contribution in [2.24, 2.45) is 0 Å². The number of urea groups is 1. The number of oxazole rings is 1. The Kier molecular flexibility index (Phi) is 4.81. The number of morpholine rings is 1. The van der Waals surface area contributed by atoms with E-state index in [9.17, 15) is 4.79 Å². The SMILES string of the molecule is CCC1(C)CN(C(=O)Nc2cc(-c3nc(C)co3)ccc2C)CCO1. The number of carbonyl (C=O) groups excluding carboxylic acids is 1. The Labute approximate surface area is 148 Å². The zero-order valence-electron chi connectivity index (χ0n) is 15.3. The third-order valence-electron chi connectivity index (χ3n) is 4.72. The first kappa shape index (κ1) is 17.5. The summed E-state index contributed by atoms with van der Waals surface area (Å²) in [6.45, 7) is 9.72. The normalized spacial score (nSPS) is 20.6. The third-order valence-corrected chi connectivity index (χ3v) is 4.72. The Hall–Kier alpha value is -2.34. The molecule has 0 spiro atoms. The summed E-state index contributed by atoms with van der Waals surface area (Å²) in [5.41, 5.74) is 3.15. The Balaban J connectivity index is 1.77. The van der Waals surface area contributed by atoms with Crippen molar-refractivity contribution >= 4 is 11.7 Å². The van der Waals surface area contributed by atoms with Gasteiger partial charge in [-0.2, -0.15) is 0 Å². The predicted molar refractivity (Wildman–Crippen MR) is 96.7 cm³/mol. The van der Waals surface area contributed by atoms with E-state index >= 15 is 0 Å². The summed E-state index contributed by atoms with van der Waals surface area (Å²) < 4.78 is 11.3. The number of anilines is 1. The second kappa shape index (κ2) is 6.88. The Morgan fingerprint density at radius 1 is 1.40 bits per heavy atom. The summed E-state index contributed by atoms with van der Waals surface area (Å²) in [4.78, 5) is 18.9. The van der Waals surface area contributed by atoms with Crippen LogP contribution in [0.1, 0.15) is 31.5 Å². The summed E-state index contributed by atoms with van der Waals surface area (Å²) >= 11 is 0. The molecule has 6 nitrogen and oxygen atoms in total. The van der Waals surface area contributed by atoms with Gasteiger partial charge in [-0.25, -0.2) is 9.78 Å². The maximum atomic E-state index is 12.7. The highest BCUT2D eigenvalue weighted by Gasteiger charge is 2.32. The average molecular weight is 343 g/mol. The Bertz CT molecular complexity index is 771. The predicted octanol–water partition coefficient (Wildman–Crippen LogP) is 3.99. The highest BCUT2D eigenvalue weighted by molar-refractivity contribution is 5.91. The lowest BCUT2D eigenvalue weighted by Crippen LogP contribution is -2.53. The van der Waals surface area contributed by atoms with E-state index in [1.54, 1.807) is 6.26 Å². The van der Waals surface area contributed by atoms with Crippen LogP contribution >= 0.6 is 0 Å². The molecule has 0 bridgehead atoms. The highest BCUT2D eigenvalue weighted by atomic mass is 16.5. The topological polar surface area (TPSA) is 67.6 Å². The fourth-order valence-corrected chi connectivity index (χ4v) is 2.89. The average Bonchev–Trinajstić information content (AvgIpc) is 3.03. The molecule has 0 radical (unpaired) electrons. The van der Waals surface area contributed by atoms with Crippen LogP contribution in [0.15, 0.2) is 28.9 Å². The molecule has 1 aromatic heterocycles. The minimum atomic E-state index is -0.276. The van der Waals surface area contributed by atoms with Gasteiger partial charge in [-0.1, -0.05) is 13.0 Å². The molecule has 0 aliphatic carbocycles. The van der Waals surface area contributed by atoms with Crippen molar-refractivity contribution in [2.75, 3.05) is 25.0 Å². The smallest absolute Gasteiger partial charge is 0.322 e. The summed E-state index contributed by atoms with van der Waals surface area (Å²) in [6, 6.07) is 5.70. The van der Waals surface area contributed by atoms with E-state index in [1.165, 1.54) is 0 Å². The second-order valence-electron chi connectivity index (χ2n) is 6.83. The highest BCUT2D eigenvalue weighted by Crippen LogP contribution is 2.26. The standard InChI is InChI=1S/C19H25N3O3/c1-5-19(4)12-22(8-9-25-19)18(23)21-16-10-15(7-6-13(16)2)17-20-14(3)11-24-17/h6-7,10-11H,5,8-9,12H2,1-4H3,(H,21,23). The van der Waals surface area contributed by atoms with Crippen LogP contribution in [0.3, 0.4) is 0 Å². The fraction of sp³-hybridized carbons (Fsp3) is 0.474. The lowest BCUT2D eigenvalue weighted by atomic mass is 10.0. The van der Waals surface area contributed by atoms with Gasteiger partial charge >= 0.3 is 6.03 Å². The third kappa shape index (κ3) is 3.85. The molecule has 1 aromatic carbocycles. The van der Waals surface area contributed by atoms with Gasteiger partial charge in [0.05, 0.1) is 24.4 Å². The maximum absolute atomic E-state index is 12.7. The first-order chi connectivity index (χ1) is 11.9. The number of nitrogens with one attached hydrogen (secondary N) is 1. The van der Waals surface area contributed by atoms with E-state index in [0.717, 1.165) is 28.9 Å². The van der Waals surface area contributed by atoms with Crippen LogP contribution in [0.2, 0.25) is 0 Å². The zero-order chi connectivity index (χ0) is 18.0. The van der Waals surface area contributed by atoms with Crippen LogP contribution in [-0.2, 0) is 4.74 Å². The number of carbonyl (C=O) groups is 1. The van der Waals surface area contributed by atoms with Crippen molar-refractivity contribution < 1.29 is 13.9 Å². The first-order valence-electron chi connectivity index (χ1n) is 8.63. The lowest BCUT2D eigenvalue weighted by molar-refractivity contribution is -0.0860. The molecule has 2 amide bonds. The van der Waals surface area contributed by atoms with Crippen LogP contribution in [0.4, 0.5) is 10.5 Å². The summed E-state index contributed by atoms with van der Waals surface area (Å²) in [5, 5.41) is 3.02. The van der Waals surface area contributed by atoms with Crippen LogP contribution in [0.25, 0.3) is 11.5 Å². The maximum Gasteiger partial charge on any atom is 0.322 e. The number of ether oxygens (including phenoxy) is 1. The van der Waals surface area contributed by atoms with Gasteiger partial charge < -0.3 is 19.4 Å². The molecule has 1 aliphatic rings. The van der Waals surface area contributed by atoms with E-state index in [0.29, 0.717) is 25.6 Å². The summed E-state index contributed by atoms with van der Waals surface area (Å²) in [7, 11) is 0. The Morgan fingerprint density at radius 2 is 2.20 bits per heavy atom. The molecule has 1 N–H and O–H groups in total. The molecule has 25 heavy (non-hydrogen) atoms. The number of aromatic nitrogens is 1. The Morgan fingerprint density at radius 3 is 2.88 bits per heavy atom. The number of rotatable bonds is 3. The van der Waals surface area contributed by atoms with Gasteiger partial charge in [0.25, 0.3) is 0 Å². The van der Waals surface area contributed by atoms with Crippen LogP contribution < -0.4 is 5.32 Å². The number of hydrogen-bond donors (Lipinski definition) is 1. The largest absolute Gasteiger partial charge is 0.444 e. The van der Waals surface area contributed by atoms with E-state index in [2.05, 4.69) is 17.2 Å². The van der Waals surface area contributed by atoms with Gasteiger partial charge in [-0.3, -0.25) is 0 Å². The molecule has 1 atom stereocenters. The molecule has 2 aromatic rings.